The molecule has 0 saturated carbocycles. The normalized spacial score (nSPS) is 12.3. The molecule has 0 spiro atoms. The van der Waals surface area contributed by atoms with Gasteiger partial charge in [0.2, 0.25) is 0 Å². The van der Waals surface area contributed by atoms with Crippen LogP contribution in [-0.4, -0.2) is 32.1 Å². The maximum Gasteiger partial charge on any atom is 0.331 e. The van der Waals surface area contributed by atoms with Crippen molar-refractivity contribution in [3.05, 3.63) is 51.6 Å². The van der Waals surface area contributed by atoms with Crippen molar-refractivity contribution in [3.8, 4) is 5.69 Å². The molecule has 1 aromatic carbocycles. The first-order valence-electron chi connectivity index (χ1n) is 9.10. The van der Waals surface area contributed by atoms with Crippen LogP contribution in [0, 0.1) is 20.8 Å². The van der Waals surface area contributed by atoms with E-state index in [1.165, 1.54) is 4.68 Å². The zero-order valence-electron chi connectivity index (χ0n) is 16.3. The molecule has 2 aromatic heterocycles. The van der Waals surface area contributed by atoms with E-state index in [2.05, 4.69) is 10.2 Å². The number of ether oxygens (including phenoxy) is 1. The average Bonchev–Trinajstić information content (AvgIpc) is 3.05. The summed E-state index contributed by atoms with van der Waals surface area (Å²) >= 11 is 0. The van der Waals surface area contributed by atoms with Gasteiger partial charge in [0.1, 0.15) is 5.52 Å². The number of carbonyl (C=O) groups is 1. The highest BCUT2D eigenvalue weighted by Crippen LogP contribution is 2.22. The van der Waals surface area contributed by atoms with Gasteiger partial charge in [0.15, 0.2) is 6.04 Å². The van der Waals surface area contributed by atoms with E-state index in [-0.39, 0.29) is 12.2 Å². The molecule has 142 valence electrons. The highest BCUT2D eigenvalue weighted by atomic mass is 16.5. The number of nitrogens with zero attached hydrogens (tertiary/aromatic N) is 4. The van der Waals surface area contributed by atoms with Gasteiger partial charge in [-0.15, -0.1) is 0 Å². The highest BCUT2D eigenvalue weighted by Gasteiger charge is 2.25. The number of benzene rings is 1. The molecule has 0 saturated heterocycles. The Morgan fingerprint density at radius 3 is 2.59 bits per heavy atom. The van der Waals surface area contributed by atoms with E-state index < -0.39 is 12.0 Å². The molecule has 0 radical (unpaired) electrons. The third-order valence-corrected chi connectivity index (χ3v) is 4.65. The van der Waals surface area contributed by atoms with Gasteiger partial charge < -0.3 is 4.74 Å². The van der Waals surface area contributed by atoms with Crippen LogP contribution in [-0.2, 0) is 9.53 Å². The highest BCUT2D eigenvalue weighted by molar-refractivity contribution is 5.82. The zero-order valence-corrected chi connectivity index (χ0v) is 16.3. The summed E-state index contributed by atoms with van der Waals surface area (Å²) in [6.45, 7) is 9.64. The summed E-state index contributed by atoms with van der Waals surface area (Å²) in [5.41, 5.74) is 3.68. The smallest absolute Gasteiger partial charge is 0.331 e. The first-order valence-corrected chi connectivity index (χ1v) is 9.10. The van der Waals surface area contributed by atoms with Crippen molar-refractivity contribution in [1.82, 2.24) is 19.6 Å². The number of aromatic nitrogens is 4. The number of carbonyl (C=O) groups excluding carboxylic acids is 1. The minimum Gasteiger partial charge on any atom is -0.464 e. The summed E-state index contributed by atoms with van der Waals surface area (Å²) in [4.78, 5) is 25.6. The molecule has 0 amide bonds. The fourth-order valence-corrected chi connectivity index (χ4v) is 3.30. The second kappa shape index (κ2) is 7.34. The summed E-state index contributed by atoms with van der Waals surface area (Å²) < 4.78 is 7.99. The van der Waals surface area contributed by atoms with E-state index in [4.69, 9.17) is 4.74 Å². The van der Waals surface area contributed by atoms with Crippen molar-refractivity contribution >= 4 is 16.9 Å². The third-order valence-electron chi connectivity index (χ3n) is 4.65. The van der Waals surface area contributed by atoms with Gasteiger partial charge in [-0.25, -0.2) is 14.2 Å². The molecule has 0 aliphatic carbocycles. The zero-order chi connectivity index (χ0) is 19.7. The Hall–Kier alpha value is -2.96. The molecule has 3 aromatic rings. The van der Waals surface area contributed by atoms with E-state index in [9.17, 15) is 9.59 Å². The number of hydrogen-bond donors (Lipinski definition) is 0. The quantitative estimate of drug-likeness (QED) is 0.647. The summed E-state index contributed by atoms with van der Waals surface area (Å²) in [7, 11) is 0. The Balaban J connectivity index is 2.27. The summed E-state index contributed by atoms with van der Waals surface area (Å²) in [5.74, 6) is -0.453. The predicted molar refractivity (Wildman–Crippen MR) is 103 cm³/mol. The fraction of sp³-hybridized carbons (Fsp3) is 0.400. The summed E-state index contributed by atoms with van der Waals surface area (Å²) in [6.07, 6.45) is 2.06. The minimum absolute atomic E-state index is 0.256. The van der Waals surface area contributed by atoms with E-state index in [0.717, 1.165) is 16.8 Å². The number of hydrogen-bond acceptors (Lipinski definition) is 5. The SMILES string of the molecule is CCOC(=O)C(CC)n1nc(C)c2cnn(-c3ccc(C)cc3C)c2c1=O. The van der Waals surface area contributed by atoms with Crippen LogP contribution in [0.4, 0.5) is 0 Å². The Morgan fingerprint density at radius 1 is 1.22 bits per heavy atom. The van der Waals surface area contributed by atoms with Gasteiger partial charge in [-0.05, 0) is 45.7 Å². The third kappa shape index (κ3) is 3.25. The molecular weight excluding hydrogens is 344 g/mol. The topological polar surface area (TPSA) is 79.0 Å². The van der Waals surface area contributed by atoms with Crippen LogP contribution in [0.25, 0.3) is 16.6 Å². The van der Waals surface area contributed by atoms with Gasteiger partial charge >= 0.3 is 5.97 Å². The largest absolute Gasteiger partial charge is 0.464 e. The standard InChI is InChI=1S/C20H24N4O3/c1-6-16(20(26)27-7-2)24-19(25)18-15(14(5)22-24)11-21-23(18)17-9-8-12(3)10-13(17)4/h8-11,16H,6-7H2,1-5H3. The van der Waals surface area contributed by atoms with Crippen molar-refractivity contribution in [2.75, 3.05) is 6.61 Å². The van der Waals surface area contributed by atoms with Crippen LogP contribution < -0.4 is 5.56 Å². The van der Waals surface area contributed by atoms with Gasteiger partial charge in [0, 0.05) is 5.39 Å². The van der Waals surface area contributed by atoms with Crippen LogP contribution in [0.1, 0.15) is 43.1 Å². The molecule has 0 N–H and O–H groups in total. The lowest BCUT2D eigenvalue weighted by Crippen LogP contribution is -2.34. The van der Waals surface area contributed by atoms with Crippen molar-refractivity contribution in [2.45, 2.75) is 47.1 Å². The van der Waals surface area contributed by atoms with Gasteiger partial charge in [-0.2, -0.15) is 10.2 Å². The number of esters is 1. The van der Waals surface area contributed by atoms with E-state index in [0.29, 0.717) is 23.0 Å². The molecular formula is C20H24N4O3. The molecule has 3 rings (SSSR count). The molecule has 2 heterocycles. The Labute approximate surface area is 157 Å². The Bertz CT molecular complexity index is 1070. The van der Waals surface area contributed by atoms with Crippen LogP contribution in [0.2, 0.25) is 0 Å². The monoisotopic (exact) mass is 368 g/mol. The van der Waals surface area contributed by atoms with E-state index >= 15 is 0 Å². The van der Waals surface area contributed by atoms with Crippen molar-refractivity contribution in [1.29, 1.82) is 0 Å². The fourth-order valence-electron chi connectivity index (χ4n) is 3.30. The molecule has 0 aliphatic heterocycles. The lowest BCUT2D eigenvalue weighted by molar-refractivity contribution is -0.147. The van der Waals surface area contributed by atoms with Gasteiger partial charge in [-0.3, -0.25) is 4.79 Å². The Kier molecular flexibility index (Phi) is 5.12. The summed E-state index contributed by atoms with van der Waals surface area (Å²) in [6, 6.07) is 5.21. The first-order chi connectivity index (χ1) is 12.9. The lowest BCUT2D eigenvalue weighted by Gasteiger charge is -2.17. The second-order valence-corrected chi connectivity index (χ2v) is 6.62. The van der Waals surface area contributed by atoms with Gasteiger partial charge in [0.25, 0.3) is 5.56 Å². The van der Waals surface area contributed by atoms with Crippen LogP contribution >= 0.6 is 0 Å². The van der Waals surface area contributed by atoms with E-state index in [1.54, 1.807) is 17.8 Å². The van der Waals surface area contributed by atoms with E-state index in [1.807, 2.05) is 45.9 Å². The molecule has 27 heavy (non-hydrogen) atoms. The molecule has 7 nitrogen and oxygen atoms in total. The Morgan fingerprint density at radius 2 is 1.96 bits per heavy atom. The first kappa shape index (κ1) is 18.8. The maximum atomic E-state index is 13.3. The molecule has 7 heteroatoms. The number of fused-ring (bicyclic) bond motifs is 1. The molecule has 1 unspecified atom stereocenters. The van der Waals surface area contributed by atoms with Crippen molar-refractivity contribution < 1.29 is 9.53 Å². The molecule has 1 atom stereocenters. The molecule has 0 bridgehead atoms. The van der Waals surface area contributed by atoms with Gasteiger partial charge in [0.05, 0.1) is 24.2 Å². The second-order valence-electron chi connectivity index (χ2n) is 6.62. The van der Waals surface area contributed by atoms with Crippen molar-refractivity contribution in [2.24, 2.45) is 0 Å². The maximum absolute atomic E-state index is 13.3. The molecule has 0 fully saturated rings. The van der Waals surface area contributed by atoms with Crippen molar-refractivity contribution in [3.63, 3.8) is 0 Å². The number of rotatable bonds is 5. The van der Waals surface area contributed by atoms with Crippen LogP contribution in [0.15, 0.2) is 29.2 Å². The number of aryl methyl sites for hydroxylation is 3. The van der Waals surface area contributed by atoms with Crippen LogP contribution in [0.3, 0.4) is 0 Å². The van der Waals surface area contributed by atoms with Gasteiger partial charge in [-0.1, -0.05) is 24.6 Å². The van der Waals surface area contributed by atoms with Crippen LogP contribution in [0.5, 0.6) is 0 Å². The molecule has 0 aliphatic rings. The minimum atomic E-state index is -0.761. The summed E-state index contributed by atoms with van der Waals surface area (Å²) in [5, 5.41) is 9.48. The predicted octanol–water partition coefficient (Wildman–Crippen LogP) is 3.02. The lowest BCUT2D eigenvalue weighted by atomic mass is 10.1. The average molecular weight is 368 g/mol.